The van der Waals surface area contributed by atoms with Gasteiger partial charge in [-0.25, -0.2) is 9.37 Å². The lowest BCUT2D eigenvalue weighted by molar-refractivity contribution is -0.274. The van der Waals surface area contributed by atoms with E-state index in [4.69, 9.17) is 5.73 Å². The molecule has 0 radical (unpaired) electrons. The van der Waals surface area contributed by atoms with Gasteiger partial charge in [0.1, 0.15) is 17.2 Å². The molecule has 0 bridgehead atoms. The molecule has 3 aromatic rings. The van der Waals surface area contributed by atoms with Crippen LogP contribution < -0.4 is 10.5 Å². The van der Waals surface area contributed by atoms with Crippen LogP contribution in [0.15, 0.2) is 24.4 Å². The van der Waals surface area contributed by atoms with Crippen molar-refractivity contribution < 1.29 is 32.2 Å². The Kier molecular flexibility index (Phi) is 6.53. The predicted molar refractivity (Wildman–Crippen MR) is 133 cm³/mol. The van der Waals surface area contributed by atoms with Crippen molar-refractivity contribution in [1.29, 1.82) is 0 Å². The molecule has 204 valence electrons. The summed E-state index contributed by atoms with van der Waals surface area (Å²) >= 11 is 0. The lowest BCUT2D eigenvalue weighted by Crippen LogP contribution is -2.38. The van der Waals surface area contributed by atoms with E-state index >= 15 is 4.39 Å². The number of aromatic amines is 1. The normalized spacial score (nSPS) is 19.0. The third kappa shape index (κ3) is 5.03. The average molecular weight is 535 g/mol. The lowest BCUT2D eigenvalue weighted by Gasteiger charge is -2.34. The molecule has 0 saturated carbocycles. The van der Waals surface area contributed by atoms with Gasteiger partial charge < -0.3 is 25.5 Å². The summed E-state index contributed by atoms with van der Waals surface area (Å²) in [5.74, 6) is -1.38. The molecule has 1 aliphatic carbocycles. The molecule has 1 aliphatic heterocycles. The summed E-state index contributed by atoms with van der Waals surface area (Å²) < 4.78 is 56.6. The summed E-state index contributed by atoms with van der Waals surface area (Å²) in [6, 6.07) is 3.26. The molecule has 7 nitrogen and oxygen atoms in total. The minimum atomic E-state index is -4.86. The van der Waals surface area contributed by atoms with Gasteiger partial charge in [0, 0.05) is 41.5 Å². The number of H-pyrrole nitrogens is 1. The Morgan fingerprint density at radius 2 is 1.92 bits per heavy atom. The van der Waals surface area contributed by atoms with Crippen LogP contribution >= 0.6 is 0 Å². The third-order valence-corrected chi connectivity index (χ3v) is 7.88. The monoisotopic (exact) mass is 534 g/mol. The van der Waals surface area contributed by atoms with E-state index in [1.807, 2.05) is 0 Å². The molecule has 2 aliphatic rings. The zero-order chi connectivity index (χ0) is 27.4. The van der Waals surface area contributed by atoms with Crippen LogP contribution in [0.4, 0.5) is 23.2 Å². The van der Waals surface area contributed by atoms with E-state index < -0.39 is 23.6 Å². The predicted octanol–water partition coefficient (Wildman–Crippen LogP) is 5.08. The van der Waals surface area contributed by atoms with Crippen molar-refractivity contribution in [3.8, 4) is 5.75 Å². The highest BCUT2D eigenvalue weighted by Gasteiger charge is 2.36. The molecule has 0 unspecified atom stereocenters. The van der Waals surface area contributed by atoms with Gasteiger partial charge in [0.2, 0.25) is 0 Å². The number of rotatable bonds is 4. The molecule has 1 atom stereocenters. The molecule has 2 aromatic heterocycles. The first-order valence-electron chi connectivity index (χ1n) is 12.7. The molecule has 11 heteroatoms. The van der Waals surface area contributed by atoms with Gasteiger partial charge in [-0.1, -0.05) is 0 Å². The third-order valence-electron chi connectivity index (χ3n) is 7.88. The fraction of sp³-hybridized carbons (Fsp3) is 0.481. The number of hydrogen-bond donors (Lipinski definition) is 3. The topological polar surface area (TPSA) is 104 Å². The zero-order valence-corrected chi connectivity index (χ0v) is 21.2. The maximum absolute atomic E-state index is 15.3. The lowest BCUT2D eigenvalue weighted by atomic mass is 9.76. The highest BCUT2D eigenvalue weighted by atomic mass is 19.4. The number of carbonyl (C=O) groups is 1. The van der Waals surface area contributed by atoms with Crippen LogP contribution in [0.3, 0.4) is 0 Å². The van der Waals surface area contributed by atoms with E-state index in [2.05, 4.69) is 14.7 Å². The van der Waals surface area contributed by atoms with Crippen molar-refractivity contribution in [2.24, 2.45) is 5.92 Å². The number of ether oxygens (including phenoxy) is 1. The molecule has 1 saturated heterocycles. The Labute approximate surface area is 217 Å². The fourth-order valence-electron chi connectivity index (χ4n) is 5.85. The van der Waals surface area contributed by atoms with E-state index in [0.717, 1.165) is 41.6 Å². The number of likely N-dealkylation sites (tertiary alicyclic amines) is 1. The van der Waals surface area contributed by atoms with Crippen molar-refractivity contribution in [2.75, 3.05) is 18.8 Å². The van der Waals surface area contributed by atoms with E-state index in [0.29, 0.717) is 43.6 Å². The number of amides is 1. The Balaban J connectivity index is 1.36. The van der Waals surface area contributed by atoms with E-state index in [1.165, 1.54) is 12.3 Å². The van der Waals surface area contributed by atoms with Gasteiger partial charge in [-0.05, 0) is 75.5 Å². The van der Waals surface area contributed by atoms with E-state index in [-0.39, 0.29) is 28.9 Å². The quantitative estimate of drug-likeness (QED) is 0.320. The summed E-state index contributed by atoms with van der Waals surface area (Å²) in [7, 11) is 0. The van der Waals surface area contributed by atoms with Gasteiger partial charge in [-0.15, -0.1) is 13.2 Å². The molecule has 1 fully saturated rings. The van der Waals surface area contributed by atoms with Crippen molar-refractivity contribution in [3.05, 3.63) is 52.6 Å². The van der Waals surface area contributed by atoms with Gasteiger partial charge in [0.15, 0.2) is 0 Å². The highest BCUT2D eigenvalue weighted by molar-refractivity contribution is 5.99. The Morgan fingerprint density at radius 1 is 1.21 bits per heavy atom. The SMILES string of the molecule is CC(C)(O)[C@H]1CCc2[nH]c3ncc(F)c(C4CCN(C(=O)c5ccc(OC(F)(F)F)cc5N)CC4)c3c2C1. The molecular weight excluding hydrogens is 504 g/mol. The minimum Gasteiger partial charge on any atom is -0.406 e. The summed E-state index contributed by atoms with van der Waals surface area (Å²) in [5, 5.41) is 11.4. The van der Waals surface area contributed by atoms with Crippen LogP contribution in [0.5, 0.6) is 5.75 Å². The second kappa shape index (κ2) is 9.44. The number of nitrogens with one attached hydrogen (secondary N) is 1. The van der Waals surface area contributed by atoms with Gasteiger partial charge in [0.05, 0.1) is 17.4 Å². The number of carbonyl (C=O) groups excluding carboxylic acids is 1. The minimum absolute atomic E-state index is 0.0444. The van der Waals surface area contributed by atoms with Crippen molar-refractivity contribution in [2.45, 2.75) is 63.8 Å². The second-order valence-electron chi connectivity index (χ2n) is 10.8. The number of alkyl halides is 3. The van der Waals surface area contributed by atoms with E-state index in [1.54, 1.807) is 18.7 Å². The van der Waals surface area contributed by atoms with Gasteiger partial charge in [0.25, 0.3) is 5.91 Å². The number of nitrogen functional groups attached to an aromatic ring is 1. The van der Waals surface area contributed by atoms with E-state index in [9.17, 15) is 23.1 Å². The second-order valence-corrected chi connectivity index (χ2v) is 10.8. The Hall–Kier alpha value is -3.34. The van der Waals surface area contributed by atoms with Crippen LogP contribution in [-0.4, -0.2) is 50.9 Å². The number of hydrogen-bond acceptors (Lipinski definition) is 5. The summed E-state index contributed by atoms with van der Waals surface area (Å²) in [4.78, 5) is 22.3. The van der Waals surface area contributed by atoms with Crippen LogP contribution in [0.25, 0.3) is 11.0 Å². The van der Waals surface area contributed by atoms with Crippen molar-refractivity contribution in [3.63, 3.8) is 0 Å². The Morgan fingerprint density at radius 3 is 2.55 bits per heavy atom. The molecule has 1 amide bonds. The number of aliphatic hydroxyl groups is 1. The van der Waals surface area contributed by atoms with Crippen LogP contribution in [-0.2, 0) is 12.8 Å². The maximum atomic E-state index is 15.3. The smallest absolute Gasteiger partial charge is 0.406 e. The number of aryl methyl sites for hydroxylation is 1. The maximum Gasteiger partial charge on any atom is 0.573 e. The van der Waals surface area contributed by atoms with Crippen molar-refractivity contribution >= 4 is 22.6 Å². The largest absolute Gasteiger partial charge is 0.573 e. The standard InChI is InChI=1S/C27H30F4N4O3/c1-26(2,37)15-3-6-21-18(11-15)23-22(19(28)13-33-24(23)34-21)14-7-9-35(10-8-14)25(36)17-5-4-16(12-20(17)32)38-27(29,30)31/h4-5,12-15,37H,3,6-11,32H2,1-2H3,(H,33,34)/t15-/m0/s1. The number of benzene rings is 1. The molecule has 5 rings (SSSR count). The van der Waals surface area contributed by atoms with Crippen LogP contribution in [0.1, 0.15) is 66.2 Å². The molecule has 0 spiro atoms. The number of fused-ring (bicyclic) bond motifs is 3. The first-order valence-corrected chi connectivity index (χ1v) is 12.7. The summed E-state index contributed by atoms with van der Waals surface area (Å²) in [6.07, 6.45) is -0.409. The van der Waals surface area contributed by atoms with Crippen LogP contribution in [0.2, 0.25) is 0 Å². The van der Waals surface area contributed by atoms with Crippen LogP contribution in [0, 0.1) is 11.7 Å². The number of nitrogens with two attached hydrogens (primary N) is 1. The summed E-state index contributed by atoms with van der Waals surface area (Å²) in [5.41, 5.74) is 8.25. The average Bonchev–Trinajstić information content (AvgIpc) is 3.20. The number of aromatic nitrogens is 2. The number of pyridine rings is 1. The fourth-order valence-corrected chi connectivity index (χ4v) is 5.85. The van der Waals surface area contributed by atoms with Gasteiger partial charge >= 0.3 is 6.36 Å². The molecule has 38 heavy (non-hydrogen) atoms. The molecule has 1 aromatic carbocycles. The first-order chi connectivity index (χ1) is 17.8. The summed E-state index contributed by atoms with van der Waals surface area (Å²) in [6.45, 7) is 4.28. The Bertz CT molecular complexity index is 1370. The number of halogens is 4. The van der Waals surface area contributed by atoms with Crippen molar-refractivity contribution in [1.82, 2.24) is 14.9 Å². The molecular formula is C27H30F4N4O3. The number of nitrogens with zero attached hydrogens (tertiary/aromatic N) is 2. The molecule has 4 N–H and O–H groups in total. The van der Waals surface area contributed by atoms with Gasteiger partial charge in [-0.2, -0.15) is 0 Å². The first kappa shape index (κ1) is 26.3. The molecule has 3 heterocycles. The van der Waals surface area contributed by atoms with Gasteiger partial charge in [-0.3, -0.25) is 4.79 Å². The highest BCUT2D eigenvalue weighted by Crippen LogP contribution is 2.41. The number of anilines is 1. The number of piperidine rings is 1. The zero-order valence-electron chi connectivity index (χ0n) is 21.2.